The van der Waals surface area contributed by atoms with Gasteiger partial charge >= 0.3 is 0 Å². The lowest BCUT2D eigenvalue weighted by Crippen LogP contribution is -2.46. The first kappa shape index (κ1) is 21.8. The van der Waals surface area contributed by atoms with Crippen LogP contribution in [0.2, 0.25) is 0 Å². The van der Waals surface area contributed by atoms with Crippen LogP contribution in [-0.4, -0.2) is 56.0 Å². The molecule has 160 valence electrons. The largest absolute Gasteiger partial charge is 0.367 e. The number of carbonyl (C=O) groups is 2. The highest BCUT2D eigenvalue weighted by Crippen LogP contribution is 2.22. The van der Waals surface area contributed by atoms with Crippen LogP contribution in [0.25, 0.3) is 0 Å². The van der Waals surface area contributed by atoms with Gasteiger partial charge in [-0.2, -0.15) is 0 Å². The van der Waals surface area contributed by atoms with E-state index in [0.717, 1.165) is 44.0 Å². The Morgan fingerprint density at radius 2 is 1.73 bits per heavy atom. The molecular weight excluding hydrogens is 383 g/mol. The molecule has 0 unspecified atom stereocenters. The molecule has 2 aromatic rings. The average molecular weight is 413 g/mol. The van der Waals surface area contributed by atoms with Crippen molar-refractivity contribution in [2.24, 2.45) is 0 Å². The first-order valence-corrected chi connectivity index (χ1v) is 10.4. The number of hydrogen-bond donors (Lipinski definition) is 2. The van der Waals surface area contributed by atoms with E-state index in [1.165, 1.54) is 13.0 Å². The van der Waals surface area contributed by atoms with Crippen LogP contribution in [0.3, 0.4) is 0 Å². The van der Waals surface area contributed by atoms with E-state index in [-0.39, 0.29) is 17.6 Å². The third-order valence-electron chi connectivity index (χ3n) is 5.34. The SMILES string of the molecule is CCN1CCN(c2ccc(C(=O)NCCc3ccc(NC(C)=O)cc3)cc2F)CC1. The molecule has 3 rings (SSSR count). The molecule has 2 amide bonds. The molecule has 0 aromatic heterocycles. The zero-order valence-corrected chi connectivity index (χ0v) is 17.6. The number of piperazine rings is 1. The molecule has 30 heavy (non-hydrogen) atoms. The minimum atomic E-state index is -0.360. The van der Waals surface area contributed by atoms with Crippen molar-refractivity contribution >= 4 is 23.2 Å². The summed E-state index contributed by atoms with van der Waals surface area (Å²) in [7, 11) is 0. The normalized spacial score (nSPS) is 14.4. The maximum atomic E-state index is 14.6. The first-order chi connectivity index (χ1) is 14.5. The van der Waals surface area contributed by atoms with E-state index in [9.17, 15) is 14.0 Å². The Balaban J connectivity index is 1.51. The number of amides is 2. The summed E-state index contributed by atoms with van der Waals surface area (Å²) < 4.78 is 14.6. The number of nitrogens with zero attached hydrogens (tertiary/aromatic N) is 2. The molecule has 1 aliphatic heterocycles. The van der Waals surface area contributed by atoms with Gasteiger partial charge in [-0.25, -0.2) is 4.39 Å². The van der Waals surface area contributed by atoms with Gasteiger partial charge < -0.3 is 20.4 Å². The third-order valence-corrected chi connectivity index (χ3v) is 5.34. The molecule has 1 heterocycles. The van der Waals surface area contributed by atoms with Gasteiger partial charge in [-0.05, 0) is 48.9 Å². The summed E-state index contributed by atoms with van der Waals surface area (Å²) in [5.74, 6) is -0.760. The molecule has 0 bridgehead atoms. The molecule has 7 heteroatoms. The maximum Gasteiger partial charge on any atom is 0.251 e. The van der Waals surface area contributed by atoms with Crippen LogP contribution in [0.4, 0.5) is 15.8 Å². The van der Waals surface area contributed by atoms with Crippen LogP contribution in [-0.2, 0) is 11.2 Å². The Morgan fingerprint density at radius 3 is 2.33 bits per heavy atom. The fourth-order valence-electron chi connectivity index (χ4n) is 3.59. The molecule has 0 spiro atoms. The minimum absolute atomic E-state index is 0.114. The van der Waals surface area contributed by atoms with E-state index < -0.39 is 0 Å². The monoisotopic (exact) mass is 412 g/mol. The highest BCUT2D eigenvalue weighted by atomic mass is 19.1. The summed E-state index contributed by atoms with van der Waals surface area (Å²) in [6, 6.07) is 12.2. The number of halogens is 1. The van der Waals surface area contributed by atoms with Crippen LogP contribution in [0.1, 0.15) is 29.8 Å². The van der Waals surface area contributed by atoms with E-state index >= 15 is 0 Å². The molecular formula is C23H29FN4O2. The molecule has 1 saturated heterocycles. The number of benzene rings is 2. The van der Waals surface area contributed by atoms with Gasteiger partial charge in [-0.1, -0.05) is 19.1 Å². The van der Waals surface area contributed by atoms with Gasteiger partial charge in [0.05, 0.1) is 5.69 Å². The lowest BCUT2D eigenvalue weighted by molar-refractivity contribution is -0.114. The second-order valence-electron chi connectivity index (χ2n) is 7.47. The summed E-state index contributed by atoms with van der Waals surface area (Å²) in [4.78, 5) is 27.8. The summed E-state index contributed by atoms with van der Waals surface area (Å²) in [5, 5.41) is 5.55. The smallest absolute Gasteiger partial charge is 0.251 e. The molecule has 0 saturated carbocycles. The Labute approximate surface area is 177 Å². The molecule has 0 aliphatic carbocycles. The number of nitrogens with one attached hydrogen (secondary N) is 2. The molecule has 1 fully saturated rings. The van der Waals surface area contributed by atoms with E-state index in [0.29, 0.717) is 24.2 Å². The fourth-order valence-corrected chi connectivity index (χ4v) is 3.59. The molecule has 2 aromatic carbocycles. The second-order valence-corrected chi connectivity index (χ2v) is 7.47. The minimum Gasteiger partial charge on any atom is -0.367 e. The van der Waals surface area contributed by atoms with E-state index in [2.05, 4.69) is 22.5 Å². The van der Waals surface area contributed by atoms with Gasteiger partial charge in [0.15, 0.2) is 0 Å². The van der Waals surface area contributed by atoms with Gasteiger partial charge in [0, 0.05) is 50.9 Å². The van der Waals surface area contributed by atoms with Crippen LogP contribution in [0.15, 0.2) is 42.5 Å². The Morgan fingerprint density at radius 1 is 1.03 bits per heavy atom. The highest BCUT2D eigenvalue weighted by molar-refractivity contribution is 5.94. The molecule has 2 N–H and O–H groups in total. The first-order valence-electron chi connectivity index (χ1n) is 10.4. The fraction of sp³-hybridized carbons (Fsp3) is 0.391. The van der Waals surface area contributed by atoms with Crippen molar-refractivity contribution in [2.75, 3.05) is 49.5 Å². The number of carbonyl (C=O) groups excluding carboxylic acids is 2. The van der Waals surface area contributed by atoms with Crippen LogP contribution in [0, 0.1) is 5.82 Å². The quantitative estimate of drug-likeness (QED) is 0.734. The summed E-state index contributed by atoms with van der Waals surface area (Å²) >= 11 is 0. The Kier molecular flexibility index (Phi) is 7.41. The van der Waals surface area contributed by atoms with E-state index in [1.807, 2.05) is 29.2 Å². The molecule has 0 atom stereocenters. The number of hydrogen-bond acceptors (Lipinski definition) is 4. The highest BCUT2D eigenvalue weighted by Gasteiger charge is 2.19. The van der Waals surface area contributed by atoms with Crippen molar-refractivity contribution in [3.05, 3.63) is 59.4 Å². The lowest BCUT2D eigenvalue weighted by atomic mass is 10.1. The Bertz CT molecular complexity index is 877. The number of likely N-dealkylation sites (N-methyl/N-ethyl adjacent to an activating group) is 1. The predicted octanol–water partition coefficient (Wildman–Crippen LogP) is 2.90. The van der Waals surface area contributed by atoms with Crippen LogP contribution in [0.5, 0.6) is 0 Å². The second kappa shape index (κ2) is 10.2. The van der Waals surface area contributed by atoms with Gasteiger partial charge in [0.1, 0.15) is 5.82 Å². The summed E-state index contributed by atoms with van der Waals surface area (Å²) in [5.41, 5.74) is 2.66. The summed E-state index contributed by atoms with van der Waals surface area (Å²) in [6.07, 6.45) is 0.647. The Hall–Kier alpha value is -2.93. The van der Waals surface area contributed by atoms with Crippen molar-refractivity contribution in [3.63, 3.8) is 0 Å². The van der Waals surface area contributed by atoms with E-state index in [1.54, 1.807) is 12.1 Å². The van der Waals surface area contributed by atoms with E-state index in [4.69, 9.17) is 0 Å². The summed E-state index contributed by atoms with van der Waals surface area (Å²) in [6.45, 7) is 8.47. The van der Waals surface area contributed by atoms with Crippen LogP contribution < -0.4 is 15.5 Å². The van der Waals surface area contributed by atoms with Crippen molar-refractivity contribution in [1.29, 1.82) is 0 Å². The maximum absolute atomic E-state index is 14.6. The third kappa shape index (κ3) is 5.79. The topological polar surface area (TPSA) is 64.7 Å². The molecule has 1 aliphatic rings. The van der Waals surface area contributed by atoms with Crippen molar-refractivity contribution < 1.29 is 14.0 Å². The number of anilines is 2. The van der Waals surface area contributed by atoms with Crippen LogP contribution >= 0.6 is 0 Å². The zero-order chi connectivity index (χ0) is 21.5. The van der Waals surface area contributed by atoms with Gasteiger partial charge in [-0.3, -0.25) is 9.59 Å². The van der Waals surface area contributed by atoms with Crippen molar-refractivity contribution in [1.82, 2.24) is 10.2 Å². The standard InChI is InChI=1S/C23H29FN4O2/c1-3-27-12-14-28(15-13-27)22-9-6-19(16-21(22)24)23(30)25-11-10-18-4-7-20(8-5-18)26-17(2)29/h4-9,16H,3,10-15H2,1-2H3,(H,25,30)(H,26,29). The molecule has 6 nitrogen and oxygen atoms in total. The van der Waals surface area contributed by atoms with Gasteiger partial charge in [-0.15, -0.1) is 0 Å². The lowest BCUT2D eigenvalue weighted by Gasteiger charge is -2.35. The average Bonchev–Trinajstić information content (AvgIpc) is 2.74. The zero-order valence-electron chi connectivity index (χ0n) is 17.6. The van der Waals surface area contributed by atoms with Crippen molar-refractivity contribution in [2.45, 2.75) is 20.3 Å². The van der Waals surface area contributed by atoms with Gasteiger partial charge in [0.25, 0.3) is 5.91 Å². The molecule has 0 radical (unpaired) electrons. The van der Waals surface area contributed by atoms with Gasteiger partial charge in [0.2, 0.25) is 5.91 Å². The predicted molar refractivity (Wildman–Crippen MR) is 118 cm³/mol. The number of rotatable bonds is 7. The van der Waals surface area contributed by atoms with Crippen molar-refractivity contribution in [3.8, 4) is 0 Å².